The number of nitriles is 1. The molecule has 0 spiro atoms. The molecule has 0 aliphatic carbocycles. The topological polar surface area (TPSA) is 58.2 Å². The summed E-state index contributed by atoms with van der Waals surface area (Å²) in [4.78, 5) is 0. The van der Waals surface area contributed by atoms with Crippen molar-refractivity contribution in [2.24, 2.45) is 0 Å². The van der Waals surface area contributed by atoms with Gasteiger partial charge in [-0.15, -0.1) is 0 Å². The standard InChI is InChI=1S/C15H16N2O2/c1-11(14-4-3-7-19-14)17-10-13-8-12(9-16)5-6-15(13)18-2/h3-8,11,17H,10H2,1-2H3/t11-/m0/s1. The molecule has 19 heavy (non-hydrogen) atoms. The first-order valence-corrected chi connectivity index (χ1v) is 6.08. The first-order valence-electron chi connectivity index (χ1n) is 6.08. The molecule has 4 heteroatoms. The fraction of sp³-hybridized carbons (Fsp3) is 0.267. The van der Waals surface area contributed by atoms with Crippen LogP contribution in [-0.2, 0) is 6.54 Å². The van der Waals surface area contributed by atoms with Crippen LogP contribution in [0.4, 0.5) is 0 Å². The van der Waals surface area contributed by atoms with E-state index in [1.165, 1.54) is 0 Å². The molecule has 0 fully saturated rings. The highest BCUT2D eigenvalue weighted by Gasteiger charge is 2.10. The zero-order valence-electron chi connectivity index (χ0n) is 11.0. The van der Waals surface area contributed by atoms with Crippen LogP contribution >= 0.6 is 0 Å². The van der Waals surface area contributed by atoms with Crippen LogP contribution in [0, 0.1) is 11.3 Å². The minimum absolute atomic E-state index is 0.102. The van der Waals surface area contributed by atoms with Gasteiger partial charge in [0.1, 0.15) is 11.5 Å². The number of ether oxygens (including phenoxy) is 1. The number of benzene rings is 1. The van der Waals surface area contributed by atoms with Gasteiger partial charge in [0.05, 0.1) is 31.0 Å². The number of nitrogens with zero attached hydrogens (tertiary/aromatic N) is 1. The Morgan fingerprint density at radius 2 is 2.26 bits per heavy atom. The van der Waals surface area contributed by atoms with Crippen LogP contribution in [0.3, 0.4) is 0 Å². The van der Waals surface area contributed by atoms with Crippen molar-refractivity contribution < 1.29 is 9.15 Å². The molecular formula is C15H16N2O2. The van der Waals surface area contributed by atoms with Gasteiger partial charge in [0.15, 0.2) is 0 Å². The quantitative estimate of drug-likeness (QED) is 0.893. The molecule has 1 atom stereocenters. The molecule has 0 amide bonds. The van der Waals surface area contributed by atoms with Gasteiger partial charge < -0.3 is 14.5 Å². The highest BCUT2D eigenvalue weighted by Crippen LogP contribution is 2.21. The van der Waals surface area contributed by atoms with E-state index in [2.05, 4.69) is 11.4 Å². The fourth-order valence-electron chi connectivity index (χ4n) is 1.89. The zero-order valence-corrected chi connectivity index (χ0v) is 11.0. The van der Waals surface area contributed by atoms with Gasteiger partial charge in [0.2, 0.25) is 0 Å². The van der Waals surface area contributed by atoms with Crippen LogP contribution in [0.25, 0.3) is 0 Å². The van der Waals surface area contributed by atoms with Crippen molar-refractivity contribution in [1.29, 1.82) is 5.26 Å². The number of rotatable bonds is 5. The summed E-state index contributed by atoms with van der Waals surface area (Å²) in [7, 11) is 1.63. The number of nitrogens with one attached hydrogen (secondary N) is 1. The van der Waals surface area contributed by atoms with Crippen molar-refractivity contribution in [2.75, 3.05) is 7.11 Å². The maximum absolute atomic E-state index is 8.93. The zero-order chi connectivity index (χ0) is 13.7. The van der Waals surface area contributed by atoms with Gasteiger partial charge in [-0.05, 0) is 37.3 Å². The van der Waals surface area contributed by atoms with Crippen LogP contribution in [0.5, 0.6) is 5.75 Å². The van der Waals surface area contributed by atoms with Crippen molar-refractivity contribution in [3.63, 3.8) is 0 Å². The van der Waals surface area contributed by atoms with E-state index in [4.69, 9.17) is 14.4 Å². The van der Waals surface area contributed by atoms with Crippen molar-refractivity contribution in [3.8, 4) is 11.8 Å². The lowest BCUT2D eigenvalue weighted by Crippen LogP contribution is -2.18. The SMILES string of the molecule is COc1ccc(C#N)cc1CN[C@@H](C)c1ccco1. The van der Waals surface area contributed by atoms with Gasteiger partial charge in [0, 0.05) is 12.1 Å². The van der Waals surface area contributed by atoms with E-state index in [0.717, 1.165) is 17.1 Å². The molecule has 0 saturated carbocycles. The highest BCUT2D eigenvalue weighted by atomic mass is 16.5. The van der Waals surface area contributed by atoms with Gasteiger partial charge >= 0.3 is 0 Å². The monoisotopic (exact) mass is 256 g/mol. The van der Waals surface area contributed by atoms with E-state index in [-0.39, 0.29) is 6.04 Å². The maximum atomic E-state index is 8.93. The lowest BCUT2D eigenvalue weighted by atomic mass is 10.1. The van der Waals surface area contributed by atoms with Crippen LogP contribution < -0.4 is 10.1 Å². The summed E-state index contributed by atoms with van der Waals surface area (Å²) >= 11 is 0. The Balaban J connectivity index is 2.08. The third kappa shape index (κ3) is 3.15. The molecule has 1 N–H and O–H groups in total. The summed E-state index contributed by atoms with van der Waals surface area (Å²) in [6.07, 6.45) is 1.66. The largest absolute Gasteiger partial charge is 0.496 e. The average Bonchev–Trinajstić information content (AvgIpc) is 2.98. The van der Waals surface area contributed by atoms with Crippen LogP contribution in [0.15, 0.2) is 41.0 Å². The highest BCUT2D eigenvalue weighted by molar-refractivity contribution is 5.42. The van der Waals surface area contributed by atoms with Crippen LogP contribution in [-0.4, -0.2) is 7.11 Å². The number of hydrogen-bond donors (Lipinski definition) is 1. The molecule has 0 aliphatic rings. The molecule has 0 bridgehead atoms. The normalized spacial score (nSPS) is 11.8. The summed E-state index contributed by atoms with van der Waals surface area (Å²) < 4.78 is 10.6. The third-order valence-electron chi connectivity index (χ3n) is 2.98. The molecule has 0 radical (unpaired) electrons. The predicted octanol–water partition coefficient (Wildman–Crippen LogP) is 3.01. The summed E-state index contributed by atoms with van der Waals surface area (Å²) in [5, 5.41) is 12.3. The Bertz CT molecular complexity index is 570. The Morgan fingerprint density at radius 3 is 2.89 bits per heavy atom. The van der Waals surface area contributed by atoms with E-state index in [9.17, 15) is 0 Å². The first kappa shape index (κ1) is 13.2. The second kappa shape index (κ2) is 6.07. The molecule has 0 saturated heterocycles. The smallest absolute Gasteiger partial charge is 0.123 e. The van der Waals surface area contributed by atoms with Crippen molar-refractivity contribution in [3.05, 3.63) is 53.5 Å². The molecule has 0 aliphatic heterocycles. The lowest BCUT2D eigenvalue weighted by Gasteiger charge is -2.13. The van der Waals surface area contributed by atoms with Gasteiger partial charge in [-0.3, -0.25) is 0 Å². The molecule has 1 aromatic heterocycles. The minimum Gasteiger partial charge on any atom is -0.496 e. The molecular weight excluding hydrogens is 240 g/mol. The second-order valence-corrected chi connectivity index (χ2v) is 4.26. The van der Waals surface area contributed by atoms with Crippen molar-refractivity contribution in [1.82, 2.24) is 5.32 Å². The Morgan fingerprint density at radius 1 is 1.42 bits per heavy atom. The molecule has 0 unspecified atom stereocenters. The van der Waals surface area contributed by atoms with Gasteiger partial charge in [0.25, 0.3) is 0 Å². The summed E-state index contributed by atoms with van der Waals surface area (Å²) in [6.45, 7) is 2.64. The van der Waals surface area contributed by atoms with Gasteiger partial charge in [-0.2, -0.15) is 5.26 Å². The molecule has 98 valence electrons. The summed E-state index contributed by atoms with van der Waals surface area (Å²) in [5.41, 5.74) is 1.59. The van der Waals surface area contributed by atoms with E-state index in [1.807, 2.05) is 31.2 Å². The minimum atomic E-state index is 0.102. The fourth-order valence-corrected chi connectivity index (χ4v) is 1.89. The predicted molar refractivity (Wildman–Crippen MR) is 71.7 cm³/mol. The third-order valence-corrected chi connectivity index (χ3v) is 2.98. The Kier molecular flexibility index (Phi) is 4.22. The Hall–Kier alpha value is -2.25. The second-order valence-electron chi connectivity index (χ2n) is 4.26. The van der Waals surface area contributed by atoms with E-state index >= 15 is 0 Å². The molecule has 1 aromatic carbocycles. The van der Waals surface area contributed by atoms with Gasteiger partial charge in [-0.1, -0.05) is 0 Å². The van der Waals surface area contributed by atoms with E-state index in [0.29, 0.717) is 12.1 Å². The maximum Gasteiger partial charge on any atom is 0.123 e. The van der Waals surface area contributed by atoms with Crippen LogP contribution in [0.1, 0.15) is 29.9 Å². The summed E-state index contributed by atoms with van der Waals surface area (Å²) in [5.74, 6) is 1.66. The molecule has 1 heterocycles. The molecule has 2 aromatic rings. The molecule has 4 nitrogen and oxygen atoms in total. The van der Waals surface area contributed by atoms with Gasteiger partial charge in [-0.25, -0.2) is 0 Å². The van der Waals surface area contributed by atoms with Crippen molar-refractivity contribution >= 4 is 0 Å². The first-order chi connectivity index (χ1) is 9.24. The Labute approximate surface area is 112 Å². The van der Waals surface area contributed by atoms with E-state index in [1.54, 1.807) is 19.4 Å². The number of hydrogen-bond acceptors (Lipinski definition) is 4. The average molecular weight is 256 g/mol. The lowest BCUT2D eigenvalue weighted by molar-refractivity contribution is 0.399. The molecule has 2 rings (SSSR count). The van der Waals surface area contributed by atoms with Crippen LogP contribution in [0.2, 0.25) is 0 Å². The number of furan rings is 1. The van der Waals surface area contributed by atoms with Crippen molar-refractivity contribution in [2.45, 2.75) is 19.5 Å². The van der Waals surface area contributed by atoms with E-state index < -0.39 is 0 Å². The summed E-state index contributed by atoms with van der Waals surface area (Å²) in [6, 6.07) is 11.4. The number of methoxy groups -OCH3 is 1.